The molecule has 0 amide bonds. The van der Waals surface area contributed by atoms with Crippen molar-refractivity contribution in [1.82, 2.24) is 0 Å². The van der Waals surface area contributed by atoms with Gasteiger partial charge in [0.25, 0.3) is 0 Å². The summed E-state index contributed by atoms with van der Waals surface area (Å²) < 4.78 is 1.27. The quantitative estimate of drug-likeness (QED) is 0.725. The average molecular weight is 396 g/mol. The summed E-state index contributed by atoms with van der Waals surface area (Å²) in [6.45, 7) is 0. The van der Waals surface area contributed by atoms with Gasteiger partial charge in [-0.3, -0.25) is 0 Å². The van der Waals surface area contributed by atoms with E-state index in [0.29, 0.717) is 5.41 Å². The molecule has 0 aromatic heterocycles. The van der Waals surface area contributed by atoms with Gasteiger partial charge in [-0.15, -0.1) is 0 Å². The van der Waals surface area contributed by atoms with Gasteiger partial charge in [0.2, 0.25) is 0 Å². The Kier molecular flexibility index (Phi) is 3.81. The number of aliphatic hydroxyl groups is 1. The molecule has 0 radical (unpaired) electrons. The maximum Gasteiger partial charge on any atom is 0.0585 e. The molecular formula is C19H25IO. The lowest BCUT2D eigenvalue weighted by molar-refractivity contribution is -0.0756. The zero-order valence-corrected chi connectivity index (χ0v) is 14.8. The molecule has 4 fully saturated rings. The molecule has 1 atom stereocenters. The minimum atomic E-state index is -0.152. The number of aliphatic hydroxyl groups excluding tert-OH is 1. The maximum absolute atomic E-state index is 10.6. The Morgan fingerprint density at radius 1 is 1.00 bits per heavy atom. The van der Waals surface area contributed by atoms with Crippen molar-refractivity contribution in [3.8, 4) is 0 Å². The third-order valence-electron chi connectivity index (χ3n) is 6.22. The molecule has 5 rings (SSSR count). The molecule has 0 aliphatic heterocycles. The molecule has 2 heteroatoms. The topological polar surface area (TPSA) is 20.2 Å². The first kappa shape index (κ1) is 14.5. The fourth-order valence-electron chi connectivity index (χ4n) is 6.00. The van der Waals surface area contributed by atoms with Gasteiger partial charge in [0, 0.05) is 3.57 Å². The number of benzene rings is 1. The van der Waals surface area contributed by atoms with Crippen molar-refractivity contribution < 1.29 is 5.11 Å². The number of hydrogen-bond acceptors (Lipinski definition) is 1. The molecule has 1 aromatic carbocycles. The van der Waals surface area contributed by atoms with E-state index in [2.05, 4.69) is 46.9 Å². The minimum Gasteiger partial charge on any atom is -0.393 e. The van der Waals surface area contributed by atoms with Gasteiger partial charge in [0.15, 0.2) is 0 Å². The zero-order valence-electron chi connectivity index (χ0n) is 12.6. The van der Waals surface area contributed by atoms with Gasteiger partial charge in [0.05, 0.1) is 6.10 Å². The van der Waals surface area contributed by atoms with Gasteiger partial charge < -0.3 is 5.11 Å². The highest BCUT2D eigenvalue weighted by molar-refractivity contribution is 14.1. The van der Waals surface area contributed by atoms with E-state index < -0.39 is 0 Å². The summed E-state index contributed by atoms with van der Waals surface area (Å²) >= 11 is 2.34. The first-order chi connectivity index (χ1) is 10.1. The van der Waals surface area contributed by atoms with Gasteiger partial charge in [-0.1, -0.05) is 12.1 Å². The summed E-state index contributed by atoms with van der Waals surface area (Å²) in [7, 11) is 0. The Morgan fingerprint density at radius 3 is 2.05 bits per heavy atom. The third-order valence-corrected chi connectivity index (χ3v) is 6.94. The molecule has 0 spiro atoms. The van der Waals surface area contributed by atoms with Crippen molar-refractivity contribution in [2.75, 3.05) is 0 Å². The largest absolute Gasteiger partial charge is 0.393 e. The van der Waals surface area contributed by atoms with E-state index in [1.807, 2.05) is 0 Å². The predicted octanol–water partition coefficient (Wildman–Crippen LogP) is 4.80. The molecule has 1 nitrogen and oxygen atoms in total. The molecular weight excluding hydrogens is 371 g/mol. The van der Waals surface area contributed by atoms with Crippen LogP contribution < -0.4 is 0 Å². The van der Waals surface area contributed by atoms with E-state index in [4.69, 9.17) is 0 Å². The van der Waals surface area contributed by atoms with Crippen molar-refractivity contribution in [2.24, 2.45) is 23.2 Å². The Morgan fingerprint density at radius 2 is 1.52 bits per heavy atom. The van der Waals surface area contributed by atoms with Crippen molar-refractivity contribution in [3.05, 3.63) is 33.4 Å². The van der Waals surface area contributed by atoms with E-state index in [-0.39, 0.29) is 6.10 Å². The Balaban J connectivity index is 1.42. The van der Waals surface area contributed by atoms with Gasteiger partial charge in [-0.2, -0.15) is 0 Å². The van der Waals surface area contributed by atoms with Gasteiger partial charge >= 0.3 is 0 Å². The van der Waals surface area contributed by atoms with Crippen LogP contribution in [0.1, 0.15) is 50.5 Å². The van der Waals surface area contributed by atoms with Gasteiger partial charge in [-0.25, -0.2) is 0 Å². The summed E-state index contributed by atoms with van der Waals surface area (Å²) in [5.41, 5.74) is 1.78. The Hall–Kier alpha value is -0.0900. The van der Waals surface area contributed by atoms with Crippen LogP contribution in [0.3, 0.4) is 0 Å². The van der Waals surface area contributed by atoms with E-state index in [1.54, 1.807) is 0 Å². The lowest BCUT2D eigenvalue weighted by Gasteiger charge is -2.57. The van der Waals surface area contributed by atoms with Crippen LogP contribution >= 0.6 is 22.6 Å². The van der Waals surface area contributed by atoms with Crippen LogP contribution in [-0.2, 0) is 6.42 Å². The van der Waals surface area contributed by atoms with Gasteiger partial charge in [0.1, 0.15) is 0 Å². The summed E-state index contributed by atoms with van der Waals surface area (Å²) in [6.07, 6.45) is 10.4. The average Bonchev–Trinajstić information content (AvgIpc) is 2.39. The highest BCUT2D eigenvalue weighted by atomic mass is 127. The summed E-state index contributed by atoms with van der Waals surface area (Å²) in [6, 6.07) is 8.63. The highest BCUT2D eigenvalue weighted by Gasteiger charge is 2.51. The predicted molar refractivity (Wildman–Crippen MR) is 94.1 cm³/mol. The van der Waals surface area contributed by atoms with E-state index in [9.17, 15) is 5.11 Å². The third kappa shape index (κ3) is 3.03. The second-order valence-corrected chi connectivity index (χ2v) is 9.35. The molecule has 1 unspecified atom stereocenters. The van der Waals surface area contributed by atoms with Crippen molar-refractivity contribution in [1.29, 1.82) is 0 Å². The van der Waals surface area contributed by atoms with E-state index >= 15 is 0 Å². The molecule has 4 aliphatic carbocycles. The summed E-state index contributed by atoms with van der Waals surface area (Å²) in [5.74, 6) is 2.96. The van der Waals surface area contributed by atoms with Crippen molar-refractivity contribution in [3.63, 3.8) is 0 Å². The molecule has 0 heterocycles. The first-order valence-electron chi connectivity index (χ1n) is 8.53. The SMILES string of the molecule is OC(Cc1ccc(I)cc1)CC12CC3CC(CC(C3)C1)C2. The van der Waals surface area contributed by atoms with Crippen LogP contribution in [-0.4, -0.2) is 11.2 Å². The van der Waals surface area contributed by atoms with E-state index in [1.165, 1.54) is 47.7 Å². The fraction of sp³-hybridized carbons (Fsp3) is 0.684. The number of rotatable bonds is 4. The van der Waals surface area contributed by atoms with Crippen LogP contribution in [0.15, 0.2) is 24.3 Å². The molecule has 21 heavy (non-hydrogen) atoms. The second-order valence-electron chi connectivity index (χ2n) is 8.11. The molecule has 4 saturated carbocycles. The molecule has 4 bridgehead atoms. The Labute approximate surface area is 141 Å². The van der Waals surface area contributed by atoms with Crippen molar-refractivity contribution in [2.45, 2.75) is 57.5 Å². The fourth-order valence-corrected chi connectivity index (χ4v) is 6.36. The van der Waals surface area contributed by atoms with Crippen LogP contribution in [0.25, 0.3) is 0 Å². The zero-order chi connectivity index (χ0) is 14.4. The molecule has 4 aliphatic rings. The summed E-state index contributed by atoms with van der Waals surface area (Å²) in [4.78, 5) is 0. The van der Waals surface area contributed by atoms with E-state index in [0.717, 1.165) is 30.6 Å². The van der Waals surface area contributed by atoms with Crippen LogP contribution in [0, 0.1) is 26.7 Å². The first-order valence-corrected chi connectivity index (χ1v) is 9.61. The number of hydrogen-bond donors (Lipinski definition) is 1. The molecule has 0 saturated heterocycles. The lowest BCUT2D eigenvalue weighted by Crippen LogP contribution is -2.47. The second kappa shape index (κ2) is 5.52. The smallest absolute Gasteiger partial charge is 0.0585 e. The molecule has 1 aromatic rings. The summed E-state index contributed by atoms with van der Waals surface area (Å²) in [5, 5.41) is 10.6. The van der Waals surface area contributed by atoms with Crippen LogP contribution in [0.4, 0.5) is 0 Å². The highest BCUT2D eigenvalue weighted by Crippen LogP contribution is 2.61. The maximum atomic E-state index is 10.6. The molecule has 1 N–H and O–H groups in total. The lowest BCUT2D eigenvalue weighted by atomic mass is 9.48. The normalized spacial score (nSPS) is 38.7. The minimum absolute atomic E-state index is 0.152. The monoisotopic (exact) mass is 396 g/mol. The van der Waals surface area contributed by atoms with Crippen LogP contribution in [0.2, 0.25) is 0 Å². The molecule has 114 valence electrons. The van der Waals surface area contributed by atoms with Crippen molar-refractivity contribution >= 4 is 22.6 Å². The standard InChI is InChI=1S/C19H25IO/c20-17-3-1-13(2-4-17)8-18(21)12-19-9-14-5-15(10-19)7-16(6-14)11-19/h1-4,14-16,18,21H,5-12H2. The van der Waals surface area contributed by atoms with Crippen LogP contribution in [0.5, 0.6) is 0 Å². The van der Waals surface area contributed by atoms with Gasteiger partial charge in [-0.05, 0) is 115 Å². The Bertz CT molecular complexity index is 472. The number of halogens is 1.